The van der Waals surface area contributed by atoms with Gasteiger partial charge < -0.3 is 20.9 Å². The summed E-state index contributed by atoms with van der Waals surface area (Å²) in [7, 11) is 0. The maximum absolute atomic E-state index is 12.8. The summed E-state index contributed by atoms with van der Waals surface area (Å²) in [6.07, 6.45) is 0. The smallest absolute Gasteiger partial charge is 0.317 e. The molecule has 3 N–H and O–H groups in total. The van der Waals surface area contributed by atoms with Crippen molar-refractivity contribution in [1.82, 2.24) is 15.1 Å². The lowest BCUT2D eigenvalue weighted by molar-refractivity contribution is -0.139. The molecule has 112 valence electrons. The molecular formula is C15H20N4O2. The summed E-state index contributed by atoms with van der Waals surface area (Å²) in [6, 6.07) is 9.42. The minimum atomic E-state index is -1.04. The van der Waals surface area contributed by atoms with Crippen molar-refractivity contribution >= 4 is 11.9 Å². The fourth-order valence-electron chi connectivity index (χ4n) is 3.02. The number of urea groups is 1. The first-order chi connectivity index (χ1) is 10.00. The number of amides is 3. The zero-order chi connectivity index (χ0) is 15.0. The van der Waals surface area contributed by atoms with Crippen LogP contribution in [-0.2, 0) is 10.3 Å². The Morgan fingerprint density at radius 2 is 2.05 bits per heavy atom. The number of fused-ring (bicyclic) bond motifs is 1. The molecule has 21 heavy (non-hydrogen) atoms. The van der Waals surface area contributed by atoms with Crippen molar-refractivity contribution in [2.45, 2.75) is 18.5 Å². The van der Waals surface area contributed by atoms with Gasteiger partial charge in [0.2, 0.25) is 5.91 Å². The molecule has 0 aliphatic carbocycles. The molecule has 2 unspecified atom stereocenters. The van der Waals surface area contributed by atoms with Gasteiger partial charge in [-0.2, -0.15) is 0 Å². The number of hydrogen-bond acceptors (Lipinski definition) is 3. The number of nitrogens with one attached hydrogen (secondary N) is 1. The van der Waals surface area contributed by atoms with Gasteiger partial charge in [-0.1, -0.05) is 30.3 Å². The highest BCUT2D eigenvalue weighted by atomic mass is 16.2. The standard InChI is InChI=1S/C15H20N4O2/c1-15(16,11-5-3-2-4-6-11)13(20)18-7-8-19-12(10-18)9-17-14(19)21/h2-6,12H,7-10,16H2,1H3,(H,17,21). The van der Waals surface area contributed by atoms with Crippen LogP contribution in [0.5, 0.6) is 0 Å². The number of hydrogen-bond donors (Lipinski definition) is 2. The molecule has 0 bridgehead atoms. The zero-order valence-electron chi connectivity index (χ0n) is 12.1. The Hall–Kier alpha value is -2.08. The normalized spacial score (nSPS) is 24.3. The van der Waals surface area contributed by atoms with Crippen molar-refractivity contribution in [2.24, 2.45) is 5.73 Å². The van der Waals surface area contributed by atoms with Crippen molar-refractivity contribution in [3.05, 3.63) is 35.9 Å². The van der Waals surface area contributed by atoms with Gasteiger partial charge in [-0.05, 0) is 12.5 Å². The molecule has 0 aromatic heterocycles. The van der Waals surface area contributed by atoms with Crippen molar-refractivity contribution in [3.63, 3.8) is 0 Å². The Morgan fingerprint density at radius 1 is 1.33 bits per heavy atom. The number of carbonyl (C=O) groups excluding carboxylic acids is 2. The Balaban J connectivity index is 1.75. The van der Waals surface area contributed by atoms with E-state index in [9.17, 15) is 9.59 Å². The second-order valence-electron chi connectivity index (χ2n) is 5.85. The van der Waals surface area contributed by atoms with Gasteiger partial charge in [0, 0.05) is 26.2 Å². The minimum Gasteiger partial charge on any atom is -0.337 e. The molecule has 1 aromatic carbocycles. The van der Waals surface area contributed by atoms with Gasteiger partial charge in [0.15, 0.2) is 0 Å². The van der Waals surface area contributed by atoms with Gasteiger partial charge in [-0.25, -0.2) is 4.79 Å². The van der Waals surface area contributed by atoms with E-state index in [0.717, 1.165) is 5.56 Å². The number of carbonyl (C=O) groups is 2. The Bertz CT molecular complexity index is 558. The fourth-order valence-corrected chi connectivity index (χ4v) is 3.02. The van der Waals surface area contributed by atoms with Crippen LogP contribution in [0.15, 0.2) is 30.3 Å². The number of piperazine rings is 1. The number of nitrogens with two attached hydrogens (primary N) is 1. The first-order valence-electron chi connectivity index (χ1n) is 7.18. The molecule has 2 saturated heterocycles. The third-order valence-electron chi connectivity index (χ3n) is 4.34. The molecule has 3 rings (SSSR count). The number of nitrogens with zero attached hydrogens (tertiary/aromatic N) is 2. The van der Waals surface area contributed by atoms with Crippen LogP contribution in [0.1, 0.15) is 12.5 Å². The highest BCUT2D eigenvalue weighted by molar-refractivity contribution is 5.87. The molecule has 0 saturated carbocycles. The third-order valence-corrected chi connectivity index (χ3v) is 4.34. The van der Waals surface area contributed by atoms with E-state index in [0.29, 0.717) is 26.2 Å². The Labute approximate surface area is 123 Å². The van der Waals surface area contributed by atoms with Crippen molar-refractivity contribution in [1.29, 1.82) is 0 Å². The zero-order valence-corrected chi connectivity index (χ0v) is 12.1. The van der Waals surface area contributed by atoms with E-state index in [2.05, 4.69) is 5.32 Å². The van der Waals surface area contributed by atoms with Crippen LogP contribution in [0.2, 0.25) is 0 Å². The second kappa shape index (κ2) is 5.04. The summed E-state index contributed by atoms with van der Waals surface area (Å²) in [5.41, 5.74) is 6.05. The SMILES string of the molecule is CC(N)(C(=O)N1CCN2C(=O)NCC2C1)c1ccccc1. The molecule has 0 radical (unpaired) electrons. The summed E-state index contributed by atoms with van der Waals surface area (Å²) >= 11 is 0. The topological polar surface area (TPSA) is 78.7 Å². The fraction of sp³-hybridized carbons (Fsp3) is 0.467. The van der Waals surface area contributed by atoms with Gasteiger partial charge in [0.05, 0.1) is 6.04 Å². The van der Waals surface area contributed by atoms with E-state index in [-0.39, 0.29) is 18.0 Å². The van der Waals surface area contributed by atoms with Crippen LogP contribution in [0.25, 0.3) is 0 Å². The molecule has 6 heteroatoms. The minimum absolute atomic E-state index is 0.0364. The molecule has 2 atom stereocenters. The van der Waals surface area contributed by atoms with Gasteiger partial charge in [-0.3, -0.25) is 4.79 Å². The van der Waals surface area contributed by atoms with E-state index in [1.807, 2.05) is 30.3 Å². The van der Waals surface area contributed by atoms with Crippen LogP contribution in [-0.4, -0.2) is 54.0 Å². The molecule has 2 heterocycles. The molecule has 3 amide bonds. The van der Waals surface area contributed by atoms with E-state index < -0.39 is 5.54 Å². The molecular weight excluding hydrogens is 268 g/mol. The lowest BCUT2D eigenvalue weighted by Crippen LogP contribution is -2.59. The molecule has 2 aliphatic heterocycles. The third kappa shape index (κ3) is 2.35. The van der Waals surface area contributed by atoms with Crippen molar-refractivity contribution < 1.29 is 9.59 Å². The van der Waals surface area contributed by atoms with E-state index in [4.69, 9.17) is 5.73 Å². The quantitative estimate of drug-likeness (QED) is 0.810. The van der Waals surface area contributed by atoms with E-state index >= 15 is 0 Å². The summed E-state index contributed by atoms with van der Waals surface area (Å²) in [6.45, 7) is 3.97. The van der Waals surface area contributed by atoms with Crippen LogP contribution in [0.4, 0.5) is 4.79 Å². The Kier molecular flexibility index (Phi) is 3.33. The van der Waals surface area contributed by atoms with Gasteiger partial charge in [0.25, 0.3) is 0 Å². The summed E-state index contributed by atoms with van der Waals surface area (Å²) < 4.78 is 0. The van der Waals surface area contributed by atoms with Gasteiger partial charge in [-0.15, -0.1) is 0 Å². The first kappa shape index (κ1) is 13.9. The average molecular weight is 288 g/mol. The molecule has 2 fully saturated rings. The summed E-state index contributed by atoms with van der Waals surface area (Å²) in [5.74, 6) is -0.0901. The largest absolute Gasteiger partial charge is 0.337 e. The monoisotopic (exact) mass is 288 g/mol. The van der Waals surface area contributed by atoms with Crippen LogP contribution >= 0.6 is 0 Å². The first-order valence-corrected chi connectivity index (χ1v) is 7.18. The predicted octanol–water partition coefficient (Wildman–Crippen LogP) is 0.0965. The van der Waals surface area contributed by atoms with E-state index in [1.54, 1.807) is 16.7 Å². The van der Waals surface area contributed by atoms with E-state index in [1.165, 1.54) is 0 Å². The molecule has 0 spiro atoms. The number of benzene rings is 1. The van der Waals surface area contributed by atoms with Gasteiger partial charge >= 0.3 is 6.03 Å². The van der Waals surface area contributed by atoms with Crippen LogP contribution in [0.3, 0.4) is 0 Å². The van der Waals surface area contributed by atoms with Crippen LogP contribution in [0, 0.1) is 0 Å². The summed E-state index contributed by atoms with van der Waals surface area (Å²) in [4.78, 5) is 27.9. The van der Waals surface area contributed by atoms with Gasteiger partial charge in [0.1, 0.15) is 5.54 Å². The molecule has 6 nitrogen and oxygen atoms in total. The number of rotatable bonds is 2. The molecule has 1 aromatic rings. The van der Waals surface area contributed by atoms with Crippen molar-refractivity contribution in [2.75, 3.05) is 26.2 Å². The molecule has 2 aliphatic rings. The predicted molar refractivity (Wildman–Crippen MR) is 78.5 cm³/mol. The highest BCUT2D eigenvalue weighted by Crippen LogP contribution is 2.23. The lowest BCUT2D eigenvalue weighted by atomic mass is 9.91. The van der Waals surface area contributed by atoms with Crippen molar-refractivity contribution in [3.8, 4) is 0 Å². The van der Waals surface area contributed by atoms with Crippen LogP contribution < -0.4 is 11.1 Å². The summed E-state index contributed by atoms with van der Waals surface area (Å²) in [5, 5.41) is 2.81. The highest BCUT2D eigenvalue weighted by Gasteiger charge is 2.41. The lowest BCUT2D eigenvalue weighted by Gasteiger charge is -2.40. The Morgan fingerprint density at radius 3 is 2.76 bits per heavy atom. The average Bonchev–Trinajstić information content (AvgIpc) is 2.88. The maximum Gasteiger partial charge on any atom is 0.317 e. The second-order valence-corrected chi connectivity index (χ2v) is 5.85. The maximum atomic E-state index is 12.8.